The minimum Gasteiger partial charge on any atom is -0.349 e. The summed E-state index contributed by atoms with van der Waals surface area (Å²) in [6, 6.07) is 11.2. The zero-order valence-corrected chi connectivity index (χ0v) is 17.2. The van der Waals surface area contributed by atoms with Crippen molar-refractivity contribution >= 4 is 29.3 Å². The summed E-state index contributed by atoms with van der Waals surface area (Å²) in [4.78, 5) is 26.6. The van der Waals surface area contributed by atoms with Gasteiger partial charge in [-0.05, 0) is 56.5 Å². The molecule has 1 aliphatic rings. The monoisotopic (exact) mass is 390 g/mol. The molecular formula is C23H26N4O2. The Hall–Kier alpha value is -3.33. The molecule has 0 saturated carbocycles. The highest BCUT2D eigenvalue weighted by Crippen LogP contribution is 2.30. The fourth-order valence-electron chi connectivity index (χ4n) is 3.75. The molecule has 2 heterocycles. The Balaban J connectivity index is 1.87. The zero-order chi connectivity index (χ0) is 21.0. The van der Waals surface area contributed by atoms with Crippen LogP contribution >= 0.6 is 0 Å². The van der Waals surface area contributed by atoms with Gasteiger partial charge in [-0.1, -0.05) is 19.1 Å². The van der Waals surface area contributed by atoms with Crippen LogP contribution in [0.4, 0.5) is 11.4 Å². The minimum atomic E-state index is -0.480. The van der Waals surface area contributed by atoms with Crippen LogP contribution in [0.2, 0.25) is 0 Å². The maximum absolute atomic E-state index is 12.8. The number of nitrogens with one attached hydrogen (secondary N) is 1. The van der Waals surface area contributed by atoms with E-state index >= 15 is 0 Å². The Morgan fingerprint density at radius 2 is 2.07 bits per heavy atom. The van der Waals surface area contributed by atoms with E-state index in [4.69, 9.17) is 0 Å². The van der Waals surface area contributed by atoms with Gasteiger partial charge >= 0.3 is 0 Å². The SMILES string of the molecule is CCCn1c(C)cc(/C=C(\C#N)C(=O)Nc2ccccc2N2CCCC2=O)c1C. The second-order valence-electron chi connectivity index (χ2n) is 7.27. The van der Waals surface area contributed by atoms with Crippen molar-refractivity contribution in [2.75, 3.05) is 16.8 Å². The first-order valence-corrected chi connectivity index (χ1v) is 9.95. The van der Waals surface area contributed by atoms with Gasteiger partial charge in [0.05, 0.1) is 11.4 Å². The van der Waals surface area contributed by atoms with Gasteiger partial charge in [0, 0.05) is 30.9 Å². The summed E-state index contributed by atoms with van der Waals surface area (Å²) in [6.07, 6.45) is 3.96. The number of aryl methyl sites for hydroxylation is 1. The number of rotatable bonds is 6. The largest absolute Gasteiger partial charge is 0.349 e. The Morgan fingerprint density at radius 1 is 1.31 bits per heavy atom. The lowest BCUT2D eigenvalue weighted by Crippen LogP contribution is -2.25. The molecule has 150 valence electrons. The average Bonchev–Trinajstić information content (AvgIpc) is 3.24. The minimum absolute atomic E-state index is 0.0318. The lowest BCUT2D eigenvalue weighted by atomic mass is 10.1. The average molecular weight is 390 g/mol. The number of benzene rings is 1. The normalized spacial score (nSPS) is 14.2. The first kappa shape index (κ1) is 20.4. The quantitative estimate of drug-likeness (QED) is 0.593. The molecule has 3 rings (SSSR count). The number of hydrogen-bond donors (Lipinski definition) is 1. The number of nitriles is 1. The molecule has 2 amide bonds. The molecule has 2 aromatic rings. The van der Waals surface area contributed by atoms with Crippen LogP contribution in [0.5, 0.6) is 0 Å². The predicted molar refractivity (Wildman–Crippen MR) is 114 cm³/mol. The molecule has 0 unspecified atom stereocenters. The van der Waals surface area contributed by atoms with Gasteiger partial charge in [0.15, 0.2) is 0 Å². The number of nitrogens with zero attached hydrogens (tertiary/aromatic N) is 3. The second kappa shape index (κ2) is 8.78. The third-order valence-corrected chi connectivity index (χ3v) is 5.24. The molecule has 1 aromatic carbocycles. The molecule has 0 bridgehead atoms. The molecule has 0 radical (unpaired) electrons. The van der Waals surface area contributed by atoms with Gasteiger partial charge in [-0.25, -0.2) is 0 Å². The van der Waals surface area contributed by atoms with Crippen molar-refractivity contribution in [2.45, 2.75) is 46.6 Å². The van der Waals surface area contributed by atoms with Gasteiger partial charge in [-0.3, -0.25) is 9.59 Å². The Kier molecular flexibility index (Phi) is 6.18. The van der Waals surface area contributed by atoms with Crippen molar-refractivity contribution in [1.82, 2.24) is 4.57 Å². The van der Waals surface area contributed by atoms with Crippen LogP contribution in [0.1, 0.15) is 43.1 Å². The molecular weight excluding hydrogens is 364 g/mol. The third-order valence-electron chi connectivity index (χ3n) is 5.24. The number of carbonyl (C=O) groups excluding carboxylic acids is 2. The molecule has 0 atom stereocenters. The van der Waals surface area contributed by atoms with E-state index in [1.807, 2.05) is 38.1 Å². The topological polar surface area (TPSA) is 78.1 Å². The molecule has 6 heteroatoms. The number of aromatic nitrogens is 1. The van der Waals surface area contributed by atoms with Gasteiger partial charge in [-0.15, -0.1) is 0 Å². The van der Waals surface area contributed by atoms with Gasteiger partial charge in [-0.2, -0.15) is 5.26 Å². The maximum atomic E-state index is 12.8. The highest BCUT2D eigenvalue weighted by Gasteiger charge is 2.24. The van der Waals surface area contributed by atoms with Gasteiger partial charge < -0.3 is 14.8 Å². The standard InChI is InChI=1S/C23H26N4O2/c1-4-11-26-16(2)13-18(17(26)3)14-19(15-24)23(29)25-20-8-5-6-9-21(20)27-12-7-10-22(27)28/h5-6,8-9,13-14H,4,7,10-12H2,1-3H3,(H,25,29)/b19-14+. The van der Waals surface area contributed by atoms with Crippen LogP contribution in [0.15, 0.2) is 35.9 Å². The summed E-state index contributed by atoms with van der Waals surface area (Å²) in [6.45, 7) is 7.67. The summed E-state index contributed by atoms with van der Waals surface area (Å²) >= 11 is 0. The van der Waals surface area contributed by atoms with Gasteiger partial charge in [0.25, 0.3) is 5.91 Å². The molecule has 1 fully saturated rings. The van der Waals surface area contributed by atoms with Crippen LogP contribution < -0.4 is 10.2 Å². The summed E-state index contributed by atoms with van der Waals surface area (Å²) in [5.41, 5.74) is 4.24. The Labute approximate surface area is 171 Å². The fraction of sp³-hybridized carbons (Fsp3) is 0.348. The molecule has 1 aromatic heterocycles. The fourth-order valence-corrected chi connectivity index (χ4v) is 3.75. The van der Waals surface area contributed by atoms with E-state index in [-0.39, 0.29) is 11.5 Å². The zero-order valence-electron chi connectivity index (χ0n) is 17.2. The van der Waals surface area contributed by atoms with Gasteiger partial charge in [0.2, 0.25) is 5.91 Å². The Bertz CT molecular complexity index is 1010. The van der Waals surface area contributed by atoms with Crippen LogP contribution in [0.3, 0.4) is 0 Å². The highest BCUT2D eigenvalue weighted by molar-refractivity contribution is 6.12. The van der Waals surface area contributed by atoms with Crippen molar-refractivity contribution < 1.29 is 9.59 Å². The number of amides is 2. The molecule has 1 N–H and O–H groups in total. The summed E-state index contributed by atoms with van der Waals surface area (Å²) in [5, 5.41) is 12.4. The summed E-state index contributed by atoms with van der Waals surface area (Å²) < 4.78 is 2.19. The molecule has 0 aliphatic carbocycles. The van der Waals surface area contributed by atoms with Crippen LogP contribution in [-0.4, -0.2) is 22.9 Å². The van der Waals surface area contributed by atoms with E-state index in [1.165, 1.54) is 0 Å². The van der Waals surface area contributed by atoms with E-state index in [9.17, 15) is 14.9 Å². The number of anilines is 2. The highest BCUT2D eigenvalue weighted by atomic mass is 16.2. The second-order valence-corrected chi connectivity index (χ2v) is 7.27. The lowest BCUT2D eigenvalue weighted by Gasteiger charge is -2.19. The van der Waals surface area contributed by atoms with E-state index in [0.717, 1.165) is 36.3 Å². The van der Waals surface area contributed by atoms with Crippen LogP contribution in [-0.2, 0) is 16.1 Å². The van der Waals surface area contributed by atoms with Crippen molar-refractivity contribution in [3.63, 3.8) is 0 Å². The molecule has 6 nitrogen and oxygen atoms in total. The van der Waals surface area contributed by atoms with Crippen molar-refractivity contribution in [3.8, 4) is 6.07 Å². The van der Waals surface area contributed by atoms with Crippen LogP contribution in [0.25, 0.3) is 6.08 Å². The third kappa shape index (κ3) is 4.24. The van der Waals surface area contributed by atoms with E-state index in [1.54, 1.807) is 23.1 Å². The van der Waals surface area contributed by atoms with E-state index in [2.05, 4.69) is 16.8 Å². The van der Waals surface area contributed by atoms with Crippen molar-refractivity contribution in [1.29, 1.82) is 5.26 Å². The van der Waals surface area contributed by atoms with E-state index < -0.39 is 5.91 Å². The predicted octanol–water partition coefficient (Wildman–Crippen LogP) is 4.19. The molecule has 1 aliphatic heterocycles. The number of carbonyl (C=O) groups is 2. The summed E-state index contributed by atoms with van der Waals surface area (Å²) in [7, 11) is 0. The maximum Gasteiger partial charge on any atom is 0.266 e. The first-order chi connectivity index (χ1) is 14.0. The number of para-hydroxylation sites is 2. The molecule has 29 heavy (non-hydrogen) atoms. The lowest BCUT2D eigenvalue weighted by molar-refractivity contribution is -0.117. The number of hydrogen-bond acceptors (Lipinski definition) is 3. The molecule has 0 spiro atoms. The van der Waals surface area contributed by atoms with Crippen molar-refractivity contribution in [2.24, 2.45) is 0 Å². The first-order valence-electron chi connectivity index (χ1n) is 9.95. The van der Waals surface area contributed by atoms with Crippen molar-refractivity contribution in [3.05, 3.63) is 52.9 Å². The van der Waals surface area contributed by atoms with Gasteiger partial charge in [0.1, 0.15) is 11.6 Å². The van der Waals surface area contributed by atoms with E-state index in [0.29, 0.717) is 24.3 Å². The smallest absolute Gasteiger partial charge is 0.266 e. The Morgan fingerprint density at radius 3 is 2.72 bits per heavy atom. The molecule has 1 saturated heterocycles. The van der Waals surface area contributed by atoms with Crippen LogP contribution in [0, 0.1) is 25.2 Å². The summed E-state index contributed by atoms with van der Waals surface area (Å²) in [5.74, 6) is -0.432.